The van der Waals surface area contributed by atoms with Gasteiger partial charge in [-0.2, -0.15) is 0 Å². The number of nitrogens with zero attached hydrogens (tertiary/aromatic N) is 1. The van der Waals surface area contributed by atoms with Gasteiger partial charge in [-0.05, 0) is 62.1 Å². The number of likely N-dealkylation sites (tertiary alicyclic amines) is 1. The molecular formula is C29H36F3N3O5. The molecule has 1 aliphatic heterocycles. The van der Waals surface area contributed by atoms with Crippen LogP contribution in [0, 0.1) is 25.1 Å². The highest BCUT2D eigenvalue weighted by Gasteiger charge is 2.64. The number of benzene rings is 2. The maximum atomic E-state index is 15.1. The normalized spacial score (nSPS) is 19.1. The summed E-state index contributed by atoms with van der Waals surface area (Å²) in [4.78, 5) is 40.5. The number of carbonyl (C=O) groups excluding carboxylic acids is 3. The van der Waals surface area contributed by atoms with Gasteiger partial charge in [0.05, 0.1) is 18.0 Å². The molecule has 8 nitrogen and oxygen atoms in total. The quantitative estimate of drug-likeness (QED) is 0.374. The van der Waals surface area contributed by atoms with Crippen LogP contribution in [0.2, 0.25) is 0 Å². The van der Waals surface area contributed by atoms with Gasteiger partial charge in [0.25, 0.3) is 17.7 Å². The summed E-state index contributed by atoms with van der Waals surface area (Å²) < 4.78 is 44.1. The van der Waals surface area contributed by atoms with Gasteiger partial charge in [0.15, 0.2) is 6.10 Å². The minimum Gasteiger partial charge on any atom is -0.508 e. The zero-order valence-electron chi connectivity index (χ0n) is 23.2. The van der Waals surface area contributed by atoms with Crippen molar-refractivity contribution in [2.75, 3.05) is 13.1 Å². The second-order valence-corrected chi connectivity index (χ2v) is 10.9. The first-order valence-electron chi connectivity index (χ1n) is 13.1. The average Bonchev–Trinajstić information content (AvgIpc) is 3.06. The molecule has 0 spiro atoms. The van der Waals surface area contributed by atoms with E-state index in [1.807, 2.05) is 0 Å². The van der Waals surface area contributed by atoms with E-state index in [0.29, 0.717) is 22.4 Å². The number of nitrogens with one attached hydrogen (secondary N) is 2. The van der Waals surface area contributed by atoms with Crippen molar-refractivity contribution < 1.29 is 37.8 Å². The van der Waals surface area contributed by atoms with Crippen LogP contribution in [0.15, 0.2) is 36.4 Å². The number of aryl methyl sites for hydroxylation is 1. The zero-order valence-corrected chi connectivity index (χ0v) is 23.2. The molecule has 0 saturated carbocycles. The topological polar surface area (TPSA) is 119 Å². The van der Waals surface area contributed by atoms with Crippen LogP contribution in [0.5, 0.6) is 5.75 Å². The molecule has 0 bridgehead atoms. The Morgan fingerprint density at radius 1 is 1.15 bits per heavy atom. The molecule has 4 N–H and O–H groups in total. The van der Waals surface area contributed by atoms with Crippen LogP contribution in [0.1, 0.15) is 54.2 Å². The number of aliphatic hydroxyl groups excluding tert-OH is 1. The predicted molar refractivity (Wildman–Crippen MR) is 142 cm³/mol. The van der Waals surface area contributed by atoms with E-state index in [1.54, 1.807) is 13.8 Å². The highest BCUT2D eigenvalue weighted by molar-refractivity contribution is 5.97. The molecule has 1 saturated heterocycles. The Morgan fingerprint density at radius 2 is 1.82 bits per heavy atom. The number of rotatable bonds is 9. The molecule has 0 radical (unpaired) electrons. The standard InChI is InChI=1S/C29H36F3N3O5/c1-6-10-33-26(39)24-28(4,5)29(31,32)15-35(24)27(40)23(37)21(14-18-8-7-9-19(30)13-18)34-25(38)20-11-16(2)12-22(36)17(20)3/h7-9,11-13,21,23-24,36-37H,6,10,14-15H2,1-5H3,(H,33,39)(H,34,38)/t21-,23-,24?/m0/s1. The summed E-state index contributed by atoms with van der Waals surface area (Å²) in [6.45, 7) is 6.44. The third kappa shape index (κ3) is 6.24. The van der Waals surface area contributed by atoms with Gasteiger partial charge in [0.1, 0.15) is 17.6 Å². The van der Waals surface area contributed by atoms with Gasteiger partial charge in [0, 0.05) is 17.7 Å². The number of hydrogen-bond donors (Lipinski definition) is 4. The third-order valence-corrected chi connectivity index (χ3v) is 7.45. The van der Waals surface area contributed by atoms with E-state index in [4.69, 9.17) is 0 Å². The van der Waals surface area contributed by atoms with Crippen LogP contribution in [0.4, 0.5) is 13.2 Å². The van der Waals surface area contributed by atoms with Crippen molar-refractivity contribution in [3.8, 4) is 5.75 Å². The largest absolute Gasteiger partial charge is 0.508 e. The van der Waals surface area contributed by atoms with Crippen LogP contribution < -0.4 is 10.6 Å². The van der Waals surface area contributed by atoms with Crippen molar-refractivity contribution in [1.29, 1.82) is 0 Å². The molecule has 3 atom stereocenters. The van der Waals surface area contributed by atoms with E-state index in [2.05, 4.69) is 10.6 Å². The van der Waals surface area contributed by atoms with E-state index in [9.17, 15) is 29.0 Å². The molecule has 3 rings (SSSR count). The Morgan fingerprint density at radius 3 is 2.45 bits per heavy atom. The second-order valence-electron chi connectivity index (χ2n) is 10.9. The SMILES string of the molecule is CCCNC(=O)C1N(C(=O)[C@@H](O)[C@H](Cc2cccc(F)c2)NC(=O)c2cc(C)cc(O)c2C)CC(F)(F)C1(C)C. The Bertz CT molecular complexity index is 1280. The van der Waals surface area contributed by atoms with Crippen molar-refractivity contribution in [3.05, 3.63) is 64.5 Å². The lowest BCUT2D eigenvalue weighted by atomic mass is 9.81. The van der Waals surface area contributed by atoms with Gasteiger partial charge in [-0.15, -0.1) is 0 Å². The Labute approximate surface area is 231 Å². The summed E-state index contributed by atoms with van der Waals surface area (Å²) in [7, 11) is 0. The van der Waals surface area contributed by atoms with Gasteiger partial charge < -0.3 is 25.7 Å². The number of alkyl halides is 2. The molecule has 218 valence electrons. The number of aliphatic hydroxyl groups is 1. The van der Waals surface area contributed by atoms with Crippen molar-refractivity contribution in [3.63, 3.8) is 0 Å². The number of amides is 3. The predicted octanol–water partition coefficient (Wildman–Crippen LogP) is 3.25. The lowest BCUT2D eigenvalue weighted by molar-refractivity contribution is -0.148. The van der Waals surface area contributed by atoms with E-state index < -0.39 is 59.6 Å². The highest BCUT2D eigenvalue weighted by Crippen LogP contribution is 2.48. The third-order valence-electron chi connectivity index (χ3n) is 7.45. The molecule has 1 fully saturated rings. The maximum Gasteiger partial charge on any atom is 0.272 e. The van der Waals surface area contributed by atoms with E-state index in [0.717, 1.165) is 6.07 Å². The minimum atomic E-state index is -3.45. The molecule has 11 heteroatoms. The van der Waals surface area contributed by atoms with Crippen LogP contribution >= 0.6 is 0 Å². The van der Waals surface area contributed by atoms with Gasteiger partial charge in [-0.3, -0.25) is 14.4 Å². The first-order chi connectivity index (χ1) is 18.6. The molecule has 2 aromatic rings. The molecule has 1 unspecified atom stereocenters. The van der Waals surface area contributed by atoms with E-state index >= 15 is 8.78 Å². The van der Waals surface area contributed by atoms with E-state index in [-0.39, 0.29) is 29.8 Å². The van der Waals surface area contributed by atoms with Gasteiger partial charge >= 0.3 is 0 Å². The van der Waals surface area contributed by atoms with Gasteiger partial charge in [-0.25, -0.2) is 13.2 Å². The minimum absolute atomic E-state index is 0.0760. The molecular weight excluding hydrogens is 527 g/mol. The number of halogens is 3. The van der Waals surface area contributed by atoms with Crippen LogP contribution in [-0.4, -0.2) is 70.0 Å². The fraction of sp³-hybridized carbons (Fsp3) is 0.483. The second kappa shape index (κ2) is 11.9. The van der Waals surface area contributed by atoms with Crippen molar-refractivity contribution in [2.45, 2.75) is 71.6 Å². The van der Waals surface area contributed by atoms with Crippen LogP contribution in [-0.2, 0) is 16.0 Å². The summed E-state index contributed by atoms with van der Waals surface area (Å²) in [6.07, 6.45) is -1.74. The van der Waals surface area contributed by atoms with Gasteiger partial charge in [-0.1, -0.05) is 32.9 Å². The van der Waals surface area contributed by atoms with E-state index in [1.165, 1.54) is 51.1 Å². The fourth-order valence-corrected chi connectivity index (χ4v) is 4.94. The van der Waals surface area contributed by atoms with Crippen LogP contribution in [0.25, 0.3) is 0 Å². The molecule has 40 heavy (non-hydrogen) atoms. The summed E-state index contributed by atoms with van der Waals surface area (Å²) in [5, 5.41) is 26.5. The molecule has 2 aromatic carbocycles. The average molecular weight is 564 g/mol. The number of hydrogen-bond acceptors (Lipinski definition) is 5. The van der Waals surface area contributed by atoms with Crippen molar-refractivity contribution >= 4 is 17.7 Å². The first kappa shape index (κ1) is 30.9. The lowest BCUT2D eigenvalue weighted by Gasteiger charge is -2.34. The number of phenolic OH excluding ortho intramolecular Hbond substituents is 1. The molecule has 0 aromatic heterocycles. The number of carbonyl (C=O) groups is 3. The summed E-state index contributed by atoms with van der Waals surface area (Å²) in [5.41, 5.74) is -0.717. The summed E-state index contributed by atoms with van der Waals surface area (Å²) in [5.74, 6) is -6.86. The van der Waals surface area contributed by atoms with Crippen LogP contribution in [0.3, 0.4) is 0 Å². The molecule has 3 amide bonds. The molecule has 0 aliphatic carbocycles. The molecule has 1 heterocycles. The number of aromatic hydroxyl groups is 1. The lowest BCUT2D eigenvalue weighted by Crippen LogP contribution is -2.57. The maximum absolute atomic E-state index is 15.1. The zero-order chi connectivity index (χ0) is 30.0. The monoisotopic (exact) mass is 563 g/mol. The Balaban J connectivity index is 1.98. The number of phenols is 1. The first-order valence-corrected chi connectivity index (χ1v) is 13.1. The Kier molecular flexibility index (Phi) is 9.18. The summed E-state index contributed by atoms with van der Waals surface area (Å²) >= 11 is 0. The Hall–Kier alpha value is -3.60. The van der Waals surface area contributed by atoms with Crippen molar-refractivity contribution in [2.24, 2.45) is 5.41 Å². The molecule has 1 aliphatic rings. The van der Waals surface area contributed by atoms with Gasteiger partial charge in [0.2, 0.25) is 5.91 Å². The fourth-order valence-electron chi connectivity index (χ4n) is 4.94. The summed E-state index contributed by atoms with van der Waals surface area (Å²) in [6, 6.07) is 5.30. The van der Waals surface area contributed by atoms with Crippen molar-refractivity contribution in [1.82, 2.24) is 15.5 Å². The highest BCUT2D eigenvalue weighted by atomic mass is 19.3. The smallest absolute Gasteiger partial charge is 0.272 e.